The Kier molecular flexibility index (Phi) is 4.85. The van der Waals surface area contributed by atoms with Crippen molar-refractivity contribution in [2.24, 2.45) is 23.5 Å². The summed E-state index contributed by atoms with van der Waals surface area (Å²) in [7, 11) is 0. The number of alkyl halides is 3. The van der Waals surface area contributed by atoms with Gasteiger partial charge >= 0.3 is 6.18 Å². The van der Waals surface area contributed by atoms with E-state index in [0.29, 0.717) is 17.4 Å². The standard InChI is InChI=1S/C18H23F3N2O/c19-18(20,21)15-6-1-3-11(7-15)10-23-17(24)14-8-12-4-2-5-13(9-14)16(12)22/h1,3,6-7,12-14,16H,2,4-5,8-10,22H2,(H,23,24). The Hall–Kier alpha value is -1.56. The lowest BCUT2D eigenvalue weighted by molar-refractivity contribution is -0.137. The van der Waals surface area contributed by atoms with Crippen LogP contribution in [0.25, 0.3) is 0 Å². The van der Waals surface area contributed by atoms with Crippen LogP contribution in [0, 0.1) is 17.8 Å². The van der Waals surface area contributed by atoms with Gasteiger partial charge in [-0.25, -0.2) is 0 Å². The fourth-order valence-electron chi connectivity index (χ4n) is 4.19. The number of carbonyl (C=O) groups is 1. The zero-order valence-corrected chi connectivity index (χ0v) is 13.5. The third kappa shape index (κ3) is 3.74. The van der Waals surface area contributed by atoms with Crippen molar-refractivity contribution in [1.82, 2.24) is 5.32 Å². The molecule has 2 aliphatic carbocycles. The van der Waals surface area contributed by atoms with Crippen molar-refractivity contribution >= 4 is 5.91 Å². The number of fused-ring (bicyclic) bond motifs is 2. The van der Waals surface area contributed by atoms with Gasteiger partial charge in [0, 0.05) is 18.5 Å². The minimum absolute atomic E-state index is 0.0591. The fourth-order valence-corrected chi connectivity index (χ4v) is 4.19. The molecule has 1 aromatic carbocycles. The van der Waals surface area contributed by atoms with Crippen molar-refractivity contribution < 1.29 is 18.0 Å². The predicted molar refractivity (Wildman–Crippen MR) is 84.8 cm³/mol. The van der Waals surface area contributed by atoms with Gasteiger partial charge in [0.1, 0.15) is 0 Å². The summed E-state index contributed by atoms with van der Waals surface area (Å²) in [5.74, 6) is 0.686. The summed E-state index contributed by atoms with van der Waals surface area (Å²) in [6.07, 6.45) is 0.570. The monoisotopic (exact) mass is 340 g/mol. The van der Waals surface area contributed by atoms with E-state index in [1.54, 1.807) is 6.07 Å². The van der Waals surface area contributed by atoms with Crippen LogP contribution in [0.5, 0.6) is 0 Å². The molecule has 0 radical (unpaired) electrons. The van der Waals surface area contributed by atoms with Gasteiger partial charge in [-0.1, -0.05) is 18.6 Å². The van der Waals surface area contributed by atoms with Crippen LogP contribution in [-0.4, -0.2) is 11.9 Å². The highest BCUT2D eigenvalue weighted by Gasteiger charge is 2.40. The van der Waals surface area contributed by atoms with E-state index >= 15 is 0 Å². The van der Waals surface area contributed by atoms with Gasteiger partial charge in [0.15, 0.2) is 0 Å². The Bertz CT molecular complexity index is 588. The van der Waals surface area contributed by atoms with E-state index in [4.69, 9.17) is 5.73 Å². The van der Waals surface area contributed by atoms with Crippen LogP contribution < -0.4 is 11.1 Å². The van der Waals surface area contributed by atoms with Crippen molar-refractivity contribution in [3.8, 4) is 0 Å². The molecule has 0 aliphatic heterocycles. The first-order chi connectivity index (χ1) is 11.3. The Labute approximate surface area is 139 Å². The maximum absolute atomic E-state index is 12.7. The molecule has 3 rings (SSSR count). The molecule has 2 aliphatic rings. The highest BCUT2D eigenvalue weighted by Crippen LogP contribution is 2.41. The lowest BCUT2D eigenvalue weighted by Crippen LogP contribution is -2.49. The molecule has 2 atom stereocenters. The van der Waals surface area contributed by atoms with Gasteiger partial charge in [-0.15, -0.1) is 0 Å². The summed E-state index contributed by atoms with van der Waals surface area (Å²) >= 11 is 0. The average molecular weight is 340 g/mol. The summed E-state index contributed by atoms with van der Waals surface area (Å²) in [6.45, 7) is 0.126. The van der Waals surface area contributed by atoms with Gasteiger partial charge in [-0.05, 0) is 55.2 Å². The van der Waals surface area contributed by atoms with E-state index in [2.05, 4.69) is 5.32 Å². The summed E-state index contributed by atoms with van der Waals surface area (Å²) in [5.41, 5.74) is 6.01. The second-order valence-electron chi connectivity index (χ2n) is 7.11. The molecular weight excluding hydrogens is 317 g/mol. The number of hydrogen-bond acceptors (Lipinski definition) is 2. The van der Waals surface area contributed by atoms with Crippen molar-refractivity contribution in [1.29, 1.82) is 0 Å². The minimum Gasteiger partial charge on any atom is -0.352 e. The van der Waals surface area contributed by atoms with Gasteiger partial charge < -0.3 is 11.1 Å². The molecule has 2 saturated carbocycles. The molecule has 1 aromatic rings. The van der Waals surface area contributed by atoms with Crippen molar-refractivity contribution in [3.05, 3.63) is 35.4 Å². The third-order valence-electron chi connectivity index (χ3n) is 5.50. The summed E-state index contributed by atoms with van der Waals surface area (Å²) in [6, 6.07) is 5.29. The topological polar surface area (TPSA) is 55.1 Å². The first-order valence-corrected chi connectivity index (χ1v) is 8.54. The molecule has 2 unspecified atom stereocenters. The fraction of sp³-hybridized carbons (Fsp3) is 0.611. The molecule has 0 saturated heterocycles. The molecule has 1 amide bonds. The van der Waals surface area contributed by atoms with E-state index in [-0.39, 0.29) is 24.4 Å². The zero-order valence-electron chi connectivity index (χ0n) is 13.5. The first kappa shape index (κ1) is 17.3. The molecule has 3 nitrogen and oxygen atoms in total. The van der Waals surface area contributed by atoms with Crippen LogP contribution in [0.15, 0.2) is 24.3 Å². The van der Waals surface area contributed by atoms with E-state index in [9.17, 15) is 18.0 Å². The minimum atomic E-state index is -4.36. The van der Waals surface area contributed by atoms with Gasteiger partial charge in [-0.2, -0.15) is 13.2 Å². The SMILES string of the molecule is NC1C2CCCC1CC(C(=O)NCc1cccc(C(F)(F)F)c1)C2. The predicted octanol–water partition coefficient (Wildman–Crippen LogP) is 3.48. The van der Waals surface area contributed by atoms with Gasteiger partial charge in [0.05, 0.1) is 5.56 Å². The van der Waals surface area contributed by atoms with Crippen LogP contribution in [-0.2, 0) is 17.5 Å². The normalized spacial score (nSPS) is 30.0. The maximum Gasteiger partial charge on any atom is 0.416 e. The second kappa shape index (κ2) is 6.75. The van der Waals surface area contributed by atoms with Crippen LogP contribution >= 0.6 is 0 Å². The molecule has 2 fully saturated rings. The largest absolute Gasteiger partial charge is 0.416 e. The van der Waals surface area contributed by atoms with Gasteiger partial charge in [0.2, 0.25) is 5.91 Å². The second-order valence-corrected chi connectivity index (χ2v) is 7.11. The average Bonchev–Trinajstić information content (AvgIpc) is 2.52. The molecule has 0 heterocycles. The van der Waals surface area contributed by atoms with E-state index in [1.807, 2.05) is 0 Å². The van der Waals surface area contributed by atoms with Gasteiger partial charge in [0.25, 0.3) is 0 Å². The molecule has 0 spiro atoms. The number of carbonyl (C=O) groups excluding carboxylic acids is 1. The molecule has 6 heteroatoms. The molecule has 3 N–H and O–H groups in total. The quantitative estimate of drug-likeness (QED) is 0.885. The Morgan fingerprint density at radius 1 is 1.21 bits per heavy atom. The lowest BCUT2D eigenvalue weighted by Gasteiger charge is -2.43. The maximum atomic E-state index is 12.7. The Morgan fingerprint density at radius 2 is 1.88 bits per heavy atom. The number of nitrogens with one attached hydrogen (secondary N) is 1. The molecular formula is C18H23F3N2O. The smallest absolute Gasteiger partial charge is 0.352 e. The highest BCUT2D eigenvalue weighted by atomic mass is 19.4. The van der Waals surface area contributed by atoms with Crippen LogP contribution in [0.3, 0.4) is 0 Å². The van der Waals surface area contributed by atoms with Crippen LogP contribution in [0.1, 0.15) is 43.2 Å². The number of rotatable bonds is 3. The number of hydrogen-bond donors (Lipinski definition) is 2. The first-order valence-electron chi connectivity index (χ1n) is 8.54. The number of amides is 1. The zero-order chi connectivity index (χ0) is 17.3. The Balaban J connectivity index is 1.58. The Morgan fingerprint density at radius 3 is 2.50 bits per heavy atom. The summed E-state index contributed by atoms with van der Waals surface area (Å²) in [5, 5.41) is 2.80. The number of nitrogens with two attached hydrogens (primary N) is 1. The van der Waals surface area contributed by atoms with E-state index in [1.165, 1.54) is 12.5 Å². The summed E-state index contributed by atoms with van der Waals surface area (Å²) < 4.78 is 38.2. The summed E-state index contributed by atoms with van der Waals surface area (Å²) in [4.78, 5) is 12.4. The number of halogens is 3. The molecule has 24 heavy (non-hydrogen) atoms. The van der Waals surface area contributed by atoms with Gasteiger partial charge in [-0.3, -0.25) is 4.79 Å². The third-order valence-corrected chi connectivity index (χ3v) is 5.50. The highest BCUT2D eigenvalue weighted by molar-refractivity contribution is 5.78. The molecule has 0 aromatic heterocycles. The van der Waals surface area contributed by atoms with Crippen LogP contribution in [0.4, 0.5) is 13.2 Å². The molecule has 2 bridgehead atoms. The van der Waals surface area contributed by atoms with E-state index < -0.39 is 11.7 Å². The van der Waals surface area contributed by atoms with Crippen molar-refractivity contribution in [2.75, 3.05) is 0 Å². The van der Waals surface area contributed by atoms with Crippen LogP contribution in [0.2, 0.25) is 0 Å². The van der Waals surface area contributed by atoms with Crippen molar-refractivity contribution in [3.63, 3.8) is 0 Å². The number of benzene rings is 1. The van der Waals surface area contributed by atoms with E-state index in [0.717, 1.165) is 37.8 Å². The van der Waals surface area contributed by atoms with Crippen molar-refractivity contribution in [2.45, 2.75) is 50.9 Å². The molecule has 132 valence electrons. The lowest BCUT2D eigenvalue weighted by atomic mass is 9.65.